The first-order valence-corrected chi connectivity index (χ1v) is 8.56. The van der Waals surface area contributed by atoms with E-state index in [-0.39, 0.29) is 12.5 Å². The maximum Gasteiger partial charge on any atom is 0.234 e. The van der Waals surface area contributed by atoms with Gasteiger partial charge in [-0.15, -0.1) is 0 Å². The fourth-order valence-corrected chi connectivity index (χ4v) is 2.78. The molecule has 0 aromatic heterocycles. The van der Waals surface area contributed by atoms with Crippen molar-refractivity contribution >= 4 is 23.4 Å². The summed E-state index contributed by atoms with van der Waals surface area (Å²) in [6.45, 7) is 9.36. The molecule has 1 aromatic rings. The maximum absolute atomic E-state index is 11.9. The minimum Gasteiger partial charge on any atom is -0.392 e. The number of nitrogens with zero attached hydrogens (tertiary/aromatic N) is 1. The van der Waals surface area contributed by atoms with Gasteiger partial charge < -0.3 is 15.3 Å². The van der Waals surface area contributed by atoms with Crippen molar-refractivity contribution < 1.29 is 9.90 Å². The third-order valence-electron chi connectivity index (χ3n) is 3.44. The van der Waals surface area contributed by atoms with Crippen LogP contribution in [0.5, 0.6) is 0 Å². The molecule has 0 saturated heterocycles. The highest BCUT2D eigenvalue weighted by molar-refractivity contribution is 7.99. The van der Waals surface area contributed by atoms with Crippen LogP contribution in [0, 0.1) is 6.92 Å². The molecular formula is C16H26N2O2S. The lowest BCUT2D eigenvalue weighted by atomic mass is 10.1. The van der Waals surface area contributed by atoms with E-state index < -0.39 is 0 Å². The number of rotatable bonds is 9. The summed E-state index contributed by atoms with van der Waals surface area (Å²) in [6.07, 6.45) is 0. The molecule has 0 aliphatic heterocycles. The summed E-state index contributed by atoms with van der Waals surface area (Å²) in [5.41, 5.74) is 2.61. The van der Waals surface area contributed by atoms with Crippen LogP contribution in [0.4, 0.5) is 5.69 Å². The van der Waals surface area contributed by atoms with Crippen LogP contribution >= 0.6 is 11.8 Å². The molecule has 0 spiro atoms. The van der Waals surface area contributed by atoms with Gasteiger partial charge in [0.05, 0.1) is 12.4 Å². The molecule has 0 radical (unpaired) electrons. The topological polar surface area (TPSA) is 52.6 Å². The highest BCUT2D eigenvalue weighted by Crippen LogP contribution is 2.17. The molecule has 0 unspecified atom stereocenters. The smallest absolute Gasteiger partial charge is 0.234 e. The van der Waals surface area contributed by atoms with Gasteiger partial charge in [0.15, 0.2) is 0 Å². The molecule has 4 nitrogen and oxygen atoms in total. The number of thioether (sulfide) groups is 1. The number of hydrogen-bond donors (Lipinski definition) is 2. The third kappa shape index (κ3) is 6.50. The second-order valence-corrected chi connectivity index (χ2v) is 6.04. The van der Waals surface area contributed by atoms with Gasteiger partial charge in [-0.25, -0.2) is 0 Å². The van der Waals surface area contributed by atoms with E-state index in [4.69, 9.17) is 5.11 Å². The Morgan fingerprint density at radius 1 is 1.33 bits per heavy atom. The number of anilines is 1. The first kappa shape index (κ1) is 18.0. The predicted molar refractivity (Wildman–Crippen MR) is 90.8 cm³/mol. The van der Waals surface area contributed by atoms with Crippen molar-refractivity contribution in [3.05, 3.63) is 29.3 Å². The van der Waals surface area contributed by atoms with Crippen LogP contribution in [0.2, 0.25) is 0 Å². The molecule has 0 atom stereocenters. The number of carbonyl (C=O) groups excluding carboxylic acids is 1. The van der Waals surface area contributed by atoms with Crippen molar-refractivity contribution in [2.75, 3.05) is 36.5 Å². The molecule has 0 aliphatic carbocycles. The number of aryl methyl sites for hydroxylation is 1. The Morgan fingerprint density at radius 3 is 2.67 bits per heavy atom. The second kappa shape index (κ2) is 9.82. The van der Waals surface area contributed by atoms with Gasteiger partial charge in [-0.2, -0.15) is 11.8 Å². The number of benzene rings is 1. The summed E-state index contributed by atoms with van der Waals surface area (Å²) < 4.78 is 0. The van der Waals surface area contributed by atoms with E-state index in [1.807, 2.05) is 25.1 Å². The lowest BCUT2D eigenvalue weighted by molar-refractivity contribution is -0.113. The van der Waals surface area contributed by atoms with Gasteiger partial charge in [0.25, 0.3) is 0 Å². The van der Waals surface area contributed by atoms with E-state index in [2.05, 4.69) is 24.1 Å². The normalized spacial score (nSPS) is 10.9. The highest BCUT2D eigenvalue weighted by atomic mass is 32.2. The number of aliphatic hydroxyl groups excluding tert-OH is 1. The summed E-state index contributed by atoms with van der Waals surface area (Å²) in [4.78, 5) is 14.3. The van der Waals surface area contributed by atoms with E-state index in [1.165, 1.54) is 0 Å². The van der Waals surface area contributed by atoms with Crippen LogP contribution in [-0.4, -0.2) is 47.1 Å². The SMILES string of the molecule is CCN(CC)CCSCC(=O)Nc1cc(CO)ccc1C. The average Bonchev–Trinajstić information content (AvgIpc) is 2.49. The standard InChI is InChI=1S/C16H26N2O2S/c1-4-18(5-2)8-9-21-12-16(20)17-15-10-14(11-19)7-6-13(15)3/h6-7,10,19H,4-5,8-9,11-12H2,1-3H3,(H,17,20). The first-order valence-electron chi connectivity index (χ1n) is 7.41. The largest absolute Gasteiger partial charge is 0.392 e. The molecule has 21 heavy (non-hydrogen) atoms. The summed E-state index contributed by atoms with van der Waals surface area (Å²) in [5.74, 6) is 1.44. The van der Waals surface area contributed by atoms with Gasteiger partial charge in [-0.3, -0.25) is 4.79 Å². The molecular weight excluding hydrogens is 284 g/mol. The summed E-state index contributed by atoms with van der Waals surface area (Å²) >= 11 is 1.65. The van der Waals surface area contributed by atoms with Crippen LogP contribution in [0.1, 0.15) is 25.0 Å². The number of nitrogens with one attached hydrogen (secondary N) is 1. The Labute approximate surface area is 131 Å². The Bertz CT molecular complexity index is 448. The highest BCUT2D eigenvalue weighted by Gasteiger charge is 2.06. The zero-order chi connectivity index (χ0) is 15.7. The van der Waals surface area contributed by atoms with Crippen LogP contribution in [0.3, 0.4) is 0 Å². The Hall–Kier alpha value is -1.04. The van der Waals surface area contributed by atoms with Gasteiger partial charge in [-0.05, 0) is 37.2 Å². The predicted octanol–water partition coefficient (Wildman–Crippen LogP) is 2.50. The van der Waals surface area contributed by atoms with E-state index in [0.29, 0.717) is 5.75 Å². The Morgan fingerprint density at radius 2 is 2.05 bits per heavy atom. The van der Waals surface area contributed by atoms with Crippen LogP contribution in [0.25, 0.3) is 0 Å². The van der Waals surface area contributed by atoms with Gasteiger partial charge >= 0.3 is 0 Å². The fraction of sp³-hybridized carbons (Fsp3) is 0.562. The quantitative estimate of drug-likeness (QED) is 0.688. The van der Waals surface area contributed by atoms with Crippen molar-refractivity contribution in [2.24, 2.45) is 0 Å². The number of hydrogen-bond acceptors (Lipinski definition) is 4. The molecule has 1 amide bonds. The van der Waals surface area contributed by atoms with Crippen LogP contribution in [0.15, 0.2) is 18.2 Å². The summed E-state index contributed by atoms with van der Waals surface area (Å²) in [7, 11) is 0. The average molecular weight is 310 g/mol. The van der Waals surface area contributed by atoms with Gasteiger partial charge in [-0.1, -0.05) is 26.0 Å². The molecule has 0 aliphatic rings. The molecule has 2 N–H and O–H groups in total. The van der Waals surface area contributed by atoms with Crippen molar-refractivity contribution in [1.29, 1.82) is 0 Å². The molecule has 0 heterocycles. The van der Waals surface area contributed by atoms with Crippen LogP contribution < -0.4 is 5.32 Å². The van der Waals surface area contributed by atoms with Crippen molar-refractivity contribution in [2.45, 2.75) is 27.4 Å². The molecule has 0 bridgehead atoms. The molecule has 1 aromatic carbocycles. The molecule has 5 heteroatoms. The van der Waals surface area contributed by atoms with Gasteiger partial charge in [0.2, 0.25) is 5.91 Å². The van der Waals surface area contributed by atoms with Crippen LogP contribution in [-0.2, 0) is 11.4 Å². The van der Waals surface area contributed by atoms with Gasteiger partial charge in [0, 0.05) is 18.0 Å². The lowest BCUT2D eigenvalue weighted by Gasteiger charge is -2.17. The zero-order valence-electron chi connectivity index (χ0n) is 13.2. The molecule has 0 fully saturated rings. The monoisotopic (exact) mass is 310 g/mol. The molecule has 118 valence electrons. The Kier molecular flexibility index (Phi) is 8.42. The van der Waals surface area contributed by atoms with Gasteiger partial charge in [0.1, 0.15) is 0 Å². The second-order valence-electron chi connectivity index (χ2n) is 4.94. The minimum absolute atomic E-state index is 0.0118. The first-order chi connectivity index (χ1) is 10.1. The van der Waals surface area contributed by atoms with Crippen molar-refractivity contribution in [1.82, 2.24) is 4.90 Å². The van der Waals surface area contributed by atoms with E-state index in [9.17, 15) is 4.79 Å². The molecule has 0 saturated carbocycles. The van der Waals surface area contributed by atoms with E-state index in [0.717, 1.165) is 42.2 Å². The summed E-state index contributed by atoms with van der Waals surface area (Å²) in [5, 5.41) is 12.1. The fourth-order valence-electron chi connectivity index (χ4n) is 1.99. The minimum atomic E-state index is -0.0121. The lowest BCUT2D eigenvalue weighted by Crippen LogP contribution is -2.26. The van der Waals surface area contributed by atoms with E-state index in [1.54, 1.807) is 11.8 Å². The zero-order valence-corrected chi connectivity index (χ0v) is 14.0. The van der Waals surface area contributed by atoms with E-state index >= 15 is 0 Å². The number of carbonyl (C=O) groups is 1. The number of amides is 1. The molecule has 1 rings (SSSR count). The maximum atomic E-state index is 11.9. The Balaban J connectivity index is 2.37. The third-order valence-corrected chi connectivity index (χ3v) is 4.38. The van der Waals surface area contributed by atoms with Crippen molar-refractivity contribution in [3.63, 3.8) is 0 Å². The number of aliphatic hydroxyl groups is 1. The summed E-state index contributed by atoms with van der Waals surface area (Å²) in [6, 6.07) is 5.60. The van der Waals surface area contributed by atoms with Crippen molar-refractivity contribution in [3.8, 4) is 0 Å².